The van der Waals surface area contributed by atoms with E-state index in [1.165, 1.54) is 25.7 Å². The first kappa shape index (κ1) is 13.8. The Balaban J connectivity index is 1.50. The van der Waals surface area contributed by atoms with Crippen LogP contribution in [0.4, 0.5) is 0 Å². The Kier molecular flexibility index (Phi) is 3.53. The first-order valence-electron chi connectivity index (χ1n) is 7.62. The summed E-state index contributed by atoms with van der Waals surface area (Å²) in [6.07, 6.45) is 10.3. The van der Waals surface area contributed by atoms with Gasteiger partial charge in [0.05, 0.1) is 6.20 Å². The molecule has 2 heterocycles. The maximum Gasteiger partial charge on any atom is 0.129 e. The van der Waals surface area contributed by atoms with Crippen molar-refractivity contribution in [2.24, 2.45) is 11.8 Å². The van der Waals surface area contributed by atoms with Crippen LogP contribution in [0.15, 0.2) is 18.6 Å². The summed E-state index contributed by atoms with van der Waals surface area (Å²) >= 11 is 2.21. The maximum absolute atomic E-state index is 10.6. The van der Waals surface area contributed by atoms with Gasteiger partial charge in [-0.15, -0.1) is 0 Å². The second kappa shape index (κ2) is 5.39. The number of hydrogen-bond acceptors (Lipinski definition) is 3. The molecule has 0 amide bonds. The molecule has 2 aliphatic rings. The quantitative estimate of drug-likeness (QED) is 0.762. The lowest BCUT2D eigenvalue weighted by molar-refractivity contribution is 0.219. The van der Waals surface area contributed by atoms with Gasteiger partial charge in [0.2, 0.25) is 0 Å². The third-order valence-electron chi connectivity index (χ3n) is 4.29. The highest BCUT2D eigenvalue weighted by atomic mass is 127. The monoisotopic (exact) mass is 398 g/mol. The largest absolute Gasteiger partial charge is 0.383 e. The molecule has 1 N–H and O–H groups in total. The molecule has 0 saturated heterocycles. The number of nitrogens with zero attached hydrogens (tertiary/aromatic N) is 4. The number of hydrogen-bond donors (Lipinski definition) is 1. The van der Waals surface area contributed by atoms with Crippen molar-refractivity contribution in [2.45, 2.75) is 44.9 Å². The molecule has 2 aromatic heterocycles. The van der Waals surface area contributed by atoms with Gasteiger partial charge < -0.3 is 5.11 Å². The summed E-state index contributed by atoms with van der Waals surface area (Å²) in [5, 5.41) is 19.5. The third-order valence-corrected chi connectivity index (χ3v) is 5.13. The molecular formula is C15H19IN4O. The van der Waals surface area contributed by atoms with E-state index in [-0.39, 0.29) is 0 Å². The zero-order chi connectivity index (χ0) is 14.4. The second-order valence-corrected chi connectivity index (χ2v) is 7.40. The molecule has 4 rings (SSSR count). The summed E-state index contributed by atoms with van der Waals surface area (Å²) in [4.78, 5) is 0. The summed E-state index contributed by atoms with van der Waals surface area (Å²) < 4.78 is 4.82. The Hall–Kier alpha value is -0.890. The van der Waals surface area contributed by atoms with Gasteiger partial charge in [0.25, 0.3) is 0 Å². The molecule has 21 heavy (non-hydrogen) atoms. The molecule has 1 atom stereocenters. The molecule has 0 aromatic carbocycles. The van der Waals surface area contributed by atoms with Crippen molar-refractivity contribution < 1.29 is 5.11 Å². The predicted molar refractivity (Wildman–Crippen MR) is 86.7 cm³/mol. The van der Waals surface area contributed by atoms with Crippen molar-refractivity contribution in [3.8, 4) is 0 Å². The van der Waals surface area contributed by atoms with Crippen LogP contribution in [0.25, 0.3) is 0 Å². The fraction of sp³-hybridized carbons (Fsp3) is 0.600. The van der Waals surface area contributed by atoms with E-state index in [1.54, 1.807) is 6.20 Å². The molecule has 2 saturated carbocycles. The molecule has 112 valence electrons. The minimum Gasteiger partial charge on any atom is -0.383 e. The number of halogens is 1. The lowest BCUT2D eigenvalue weighted by Crippen LogP contribution is -2.01. The SMILES string of the molecule is OC(c1cnn(CC2CC2)c1)c1cn(CC2CC2)nc1I. The van der Waals surface area contributed by atoms with Crippen molar-refractivity contribution in [1.29, 1.82) is 0 Å². The molecule has 6 heteroatoms. The molecule has 0 radical (unpaired) electrons. The molecular weight excluding hydrogens is 379 g/mol. The van der Waals surface area contributed by atoms with Crippen molar-refractivity contribution in [1.82, 2.24) is 19.6 Å². The zero-order valence-corrected chi connectivity index (χ0v) is 14.0. The average Bonchev–Trinajstić information content (AvgIpc) is 3.35. The predicted octanol–water partition coefficient (Wildman–Crippen LogP) is 2.59. The number of aromatic nitrogens is 4. The summed E-state index contributed by atoms with van der Waals surface area (Å²) in [6.45, 7) is 1.95. The number of aliphatic hydroxyl groups excluding tert-OH is 1. The van der Waals surface area contributed by atoms with Crippen LogP contribution in [0.5, 0.6) is 0 Å². The van der Waals surface area contributed by atoms with E-state index in [1.807, 2.05) is 21.8 Å². The third kappa shape index (κ3) is 3.15. The van der Waals surface area contributed by atoms with Gasteiger partial charge in [0.15, 0.2) is 0 Å². The molecule has 2 aliphatic carbocycles. The second-order valence-electron chi connectivity index (χ2n) is 6.38. The van der Waals surface area contributed by atoms with E-state index in [4.69, 9.17) is 0 Å². The first-order valence-corrected chi connectivity index (χ1v) is 8.70. The van der Waals surface area contributed by atoms with Gasteiger partial charge in [0, 0.05) is 36.6 Å². The normalized spacial score (nSPS) is 19.9. The van der Waals surface area contributed by atoms with Crippen LogP contribution in [0.1, 0.15) is 42.9 Å². The zero-order valence-electron chi connectivity index (χ0n) is 11.8. The smallest absolute Gasteiger partial charge is 0.129 e. The fourth-order valence-corrected chi connectivity index (χ4v) is 3.33. The molecule has 5 nitrogen and oxygen atoms in total. The van der Waals surface area contributed by atoms with Crippen LogP contribution in [0, 0.1) is 15.5 Å². The molecule has 2 fully saturated rings. The highest BCUT2D eigenvalue weighted by molar-refractivity contribution is 14.1. The van der Waals surface area contributed by atoms with Crippen LogP contribution >= 0.6 is 22.6 Å². The summed E-state index contributed by atoms with van der Waals surface area (Å²) in [7, 11) is 0. The molecule has 0 aliphatic heterocycles. The topological polar surface area (TPSA) is 55.9 Å². The van der Waals surface area contributed by atoms with Crippen molar-refractivity contribution in [3.05, 3.63) is 33.4 Å². The van der Waals surface area contributed by atoms with Crippen LogP contribution in [0.2, 0.25) is 0 Å². The molecule has 0 spiro atoms. The lowest BCUT2D eigenvalue weighted by Gasteiger charge is -2.06. The Labute approximate surface area is 137 Å². The van der Waals surface area contributed by atoms with Crippen LogP contribution in [-0.4, -0.2) is 24.7 Å². The highest BCUT2D eigenvalue weighted by Gasteiger charge is 2.25. The van der Waals surface area contributed by atoms with E-state index in [9.17, 15) is 5.11 Å². The van der Waals surface area contributed by atoms with E-state index >= 15 is 0 Å². The van der Waals surface area contributed by atoms with E-state index < -0.39 is 6.10 Å². The Morgan fingerprint density at radius 3 is 2.48 bits per heavy atom. The van der Waals surface area contributed by atoms with Gasteiger partial charge in [-0.3, -0.25) is 9.36 Å². The average molecular weight is 398 g/mol. The van der Waals surface area contributed by atoms with Crippen molar-refractivity contribution in [2.75, 3.05) is 0 Å². The number of aliphatic hydroxyl groups is 1. The maximum atomic E-state index is 10.6. The van der Waals surface area contributed by atoms with Gasteiger partial charge in [-0.1, -0.05) is 0 Å². The highest BCUT2D eigenvalue weighted by Crippen LogP contribution is 2.33. The Bertz CT molecular complexity index is 642. The van der Waals surface area contributed by atoms with Crippen molar-refractivity contribution >= 4 is 22.6 Å². The molecule has 0 bridgehead atoms. The summed E-state index contributed by atoms with van der Waals surface area (Å²) in [5.74, 6) is 1.57. The fourth-order valence-electron chi connectivity index (χ4n) is 2.62. The van der Waals surface area contributed by atoms with E-state index in [2.05, 4.69) is 32.8 Å². The number of rotatable bonds is 6. The van der Waals surface area contributed by atoms with Crippen LogP contribution < -0.4 is 0 Å². The Morgan fingerprint density at radius 1 is 1.14 bits per heavy atom. The Morgan fingerprint density at radius 2 is 1.81 bits per heavy atom. The summed E-state index contributed by atoms with van der Waals surface area (Å²) in [5.41, 5.74) is 1.75. The molecule has 1 unspecified atom stereocenters. The first-order chi connectivity index (χ1) is 10.2. The van der Waals surface area contributed by atoms with Crippen LogP contribution in [0.3, 0.4) is 0 Å². The lowest BCUT2D eigenvalue weighted by atomic mass is 10.1. The van der Waals surface area contributed by atoms with Gasteiger partial charge in [0.1, 0.15) is 9.80 Å². The summed E-state index contributed by atoms with van der Waals surface area (Å²) in [6, 6.07) is 0. The van der Waals surface area contributed by atoms with E-state index in [0.29, 0.717) is 0 Å². The van der Waals surface area contributed by atoms with Crippen molar-refractivity contribution in [3.63, 3.8) is 0 Å². The van der Waals surface area contributed by atoms with Gasteiger partial charge in [-0.2, -0.15) is 10.2 Å². The van der Waals surface area contributed by atoms with Gasteiger partial charge >= 0.3 is 0 Å². The van der Waals surface area contributed by atoms with Crippen LogP contribution in [-0.2, 0) is 13.1 Å². The minimum atomic E-state index is -0.627. The van der Waals surface area contributed by atoms with Gasteiger partial charge in [-0.05, 0) is 60.1 Å². The minimum absolute atomic E-state index is 0.627. The standard InChI is InChI=1S/C15H19IN4O/c16-15-13(9-20(18-15)7-11-3-4-11)14(21)12-5-17-19(8-12)6-10-1-2-10/h5,8-11,14,21H,1-4,6-7H2. The molecule has 2 aromatic rings. The van der Waals surface area contributed by atoms with E-state index in [0.717, 1.165) is 39.8 Å². The van der Waals surface area contributed by atoms with Gasteiger partial charge in [-0.25, -0.2) is 0 Å².